The van der Waals surface area contributed by atoms with Gasteiger partial charge >= 0.3 is 0 Å². The molecule has 4 aromatic rings. The quantitative estimate of drug-likeness (QED) is 0.528. The van der Waals surface area contributed by atoms with Crippen LogP contribution < -0.4 is 10.9 Å². The van der Waals surface area contributed by atoms with Crippen molar-refractivity contribution in [2.24, 2.45) is 0 Å². The fraction of sp³-hybridized carbons (Fsp3) is 0.0952. The average Bonchev–Trinajstić information content (AvgIpc) is 2.70. The normalized spacial score (nSPS) is 11.0. The molecule has 0 unspecified atom stereocenters. The number of hydrogen-bond donors (Lipinski definition) is 1. The zero-order chi connectivity index (χ0) is 19.7. The molecular weight excluding hydrogens is 379 g/mol. The summed E-state index contributed by atoms with van der Waals surface area (Å²) in [6.45, 7) is 2.40. The molecule has 0 radical (unpaired) electrons. The predicted octanol–water partition coefficient (Wildman–Crippen LogP) is 5.01. The Morgan fingerprint density at radius 3 is 2.54 bits per heavy atom. The molecule has 0 aliphatic heterocycles. The maximum atomic E-state index is 13.1. The Hall–Kier alpha value is -3.25. The molecule has 5 nitrogen and oxygen atoms in total. The molecule has 4 rings (SSSR count). The second-order valence-corrected chi connectivity index (χ2v) is 6.61. The lowest BCUT2D eigenvalue weighted by molar-refractivity contribution is 0.622. The topological polar surface area (TPSA) is 59.8 Å². The number of nitrogens with one attached hydrogen (secondary N) is 1. The first-order valence-electron chi connectivity index (χ1n) is 8.74. The molecule has 0 aliphatic carbocycles. The van der Waals surface area contributed by atoms with Gasteiger partial charge in [0.15, 0.2) is 0 Å². The molecule has 0 fully saturated rings. The van der Waals surface area contributed by atoms with Crippen molar-refractivity contribution in [2.75, 3.05) is 5.32 Å². The van der Waals surface area contributed by atoms with E-state index in [4.69, 9.17) is 11.6 Å². The molecule has 7 heteroatoms. The zero-order valence-corrected chi connectivity index (χ0v) is 15.7. The van der Waals surface area contributed by atoms with E-state index in [1.165, 1.54) is 12.1 Å². The molecule has 3 heterocycles. The Morgan fingerprint density at radius 1 is 1.04 bits per heavy atom. The van der Waals surface area contributed by atoms with Crippen molar-refractivity contribution in [1.29, 1.82) is 0 Å². The minimum absolute atomic E-state index is 0.125. The maximum Gasteiger partial charge on any atom is 0.258 e. The lowest BCUT2D eigenvalue weighted by Gasteiger charge is -2.13. The summed E-state index contributed by atoms with van der Waals surface area (Å²) < 4.78 is 14.7. The Balaban J connectivity index is 1.84. The fourth-order valence-electron chi connectivity index (χ4n) is 3.11. The summed E-state index contributed by atoms with van der Waals surface area (Å²) >= 11 is 6.30. The Morgan fingerprint density at radius 2 is 1.82 bits per heavy atom. The lowest BCUT2D eigenvalue weighted by atomic mass is 10.1. The van der Waals surface area contributed by atoms with Crippen molar-refractivity contribution in [3.05, 3.63) is 82.1 Å². The van der Waals surface area contributed by atoms with Crippen LogP contribution in [-0.4, -0.2) is 14.5 Å². The van der Waals surface area contributed by atoms with E-state index in [-0.39, 0.29) is 5.56 Å². The monoisotopic (exact) mass is 394 g/mol. The van der Waals surface area contributed by atoms with Crippen molar-refractivity contribution in [1.82, 2.24) is 14.5 Å². The van der Waals surface area contributed by atoms with E-state index in [1.54, 1.807) is 29.0 Å². The van der Waals surface area contributed by atoms with Crippen molar-refractivity contribution in [3.63, 3.8) is 0 Å². The third kappa shape index (κ3) is 3.34. The molecule has 1 aromatic carbocycles. The van der Waals surface area contributed by atoms with E-state index in [0.29, 0.717) is 34.3 Å². The number of nitrogens with zero attached hydrogens (tertiary/aromatic N) is 3. The van der Waals surface area contributed by atoms with Gasteiger partial charge in [0, 0.05) is 40.3 Å². The van der Waals surface area contributed by atoms with Crippen LogP contribution in [0.2, 0.25) is 5.02 Å². The van der Waals surface area contributed by atoms with Gasteiger partial charge in [0.1, 0.15) is 17.5 Å². The molecule has 0 saturated carbocycles. The molecular formula is C21H16ClFN4O. The summed E-state index contributed by atoms with van der Waals surface area (Å²) in [5.41, 5.74) is 1.83. The van der Waals surface area contributed by atoms with Crippen LogP contribution in [0.4, 0.5) is 16.0 Å². The summed E-state index contributed by atoms with van der Waals surface area (Å²) in [6.07, 6.45) is 2.81. The Kier molecular flexibility index (Phi) is 4.79. The molecule has 0 bridgehead atoms. The number of aromatic nitrogens is 3. The average molecular weight is 395 g/mol. The first-order valence-corrected chi connectivity index (χ1v) is 9.11. The number of anilines is 2. The minimum Gasteiger partial charge on any atom is -0.325 e. The third-order valence-electron chi connectivity index (χ3n) is 4.44. The summed E-state index contributed by atoms with van der Waals surface area (Å²) in [6, 6.07) is 13.7. The highest BCUT2D eigenvalue weighted by atomic mass is 35.5. The second-order valence-electron chi connectivity index (χ2n) is 6.20. The highest BCUT2D eigenvalue weighted by Crippen LogP contribution is 2.28. The molecule has 0 aliphatic rings. The van der Waals surface area contributed by atoms with Crippen LogP contribution in [0.25, 0.3) is 22.0 Å². The van der Waals surface area contributed by atoms with Crippen LogP contribution in [0.5, 0.6) is 0 Å². The first-order chi connectivity index (χ1) is 13.6. The van der Waals surface area contributed by atoms with E-state index in [0.717, 1.165) is 17.1 Å². The van der Waals surface area contributed by atoms with Gasteiger partial charge in [-0.3, -0.25) is 4.79 Å². The largest absolute Gasteiger partial charge is 0.325 e. The van der Waals surface area contributed by atoms with Gasteiger partial charge in [-0.2, -0.15) is 0 Å². The molecule has 0 spiro atoms. The van der Waals surface area contributed by atoms with Crippen molar-refractivity contribution in [2.45, 2.75) is 13.5 Å². The van der Waals surface area contributed by atoms with Gasteiger partial charge in [-0.05, 0) is 31.2 Å². The predicted molar refractivity (Wildman–Crippen MR) is 110 cm³/mol. The van der Waals surface area contributed by atoms with E-state index in [9.17, 15) is 9.18 Å². The summed E-state index contributed by atoms with van der Waals surface area (Å²) in [5.74, 6) is 0.564. The summed E-state index contributed by atoms with van der Waals surface area (Å²) in [7, 11) is 0. The Bertz CT molecular complexity index is 1220. The van der Waals surface area contributed by atoms with Gasteiger partial charge in [-0.25, -0.2) is 14.4 Å². The molecule has 1 N–H and O–H groups in total. The van der Waals surface area contributed by atoms with Crippen molar-refractivity contribution in [3.8, 4) is 11.1 Å². The smallest absolute Gasteiger partial charge is 0.258 e. The van der Waals surface area contributed by atoms with Gasteiger partial charge in [0.2, 0.25) is 0 Å². The number of fused-ring (bicyclic) bond motifs is 1. The van der Waals surface area contributed by atoms with Crippen LogP contribution in [-0.2, 0) is 6.54 Å². The van der Waals surface area contributed by atoms with Crippen LogP contribution in [0, 0.1) is 5.82 Å². The molecule has 0 atom stereocenters. The standard InChI is InChI=1S/C21H16ClFN4O/c1-2-27-18-10-20(26-19-8-7-14(23)12-25-19)24-11-13(18)9-16(21(27)28)15-5-3-4-6-17(15)22/h3-12H,2H2,1H3,(H,24,25,26). The molecule has 0 amide bonds. The van der Waals surface area contributed by atoms with E-state index < -0.39 is 5.82 Å². The van der Waals surface area contributed by atoms with Gasteiger partial charge in [-0.15, -0.1) is 0 Å². The van der Waals surface area contributed by atoms with Gasteiger partial charge in [-0.1, -0.05) is 29.8 Å². The first kappa shape index (κ1) is 18.1. The van der Waals surface area contributed by atoms with Crippen LogP contribution in [0.15, 0.2) is 65.7 Å². The molecule has 3 aromatic heterocycles. The summed E-state index contributed by atoms with van der Waals surface area (Å²) in [4.78, 5) is 21.4. The zero-order valence-electron chi connectivity index (χ0n) is 15.0. The minimum atomic E-state index is -0.413. The fourth-order valence-corrected chi connectivity index (χ4v) is 3.35. The number of hydrogen-bond acceptors (Lipinski definition) is 4. The number of benzene rings is 1. The van der Waals surface area contributed by atoms with Gasteiger partial charge in [0.25, 0.3) is 5.56 Å². The Labute approximate surface area is 165 Å². The maximum absolute atomic E-state index is 13.1. The molecule has 28 heavy (non-hydrogen) atoms. The molecule has 0 saturated heterocycles. The van der Waals surface area contributed by atoms with Crippen LogP contribution in [0.3, 0.4) is 0 Å². The number of halogens is 2. The third-order valence-corrected chi connectivity index (χ3v) is 4.77. The van der Waals surface area contributed by atoms with Crippen molar-refractivity contribution < 1.29 is 4.39 Å². The highest BCUT2D eigenvalue weighted by molar-refractivity contribution is 6.33. The SMILES string of the molecule is CCn1c(=O)c(-c2ccccc2Cl)cc2cnc(Nc3ccc(F)cn3)cc21. The second kappa shape index (κ2) is 7.40. The molecule has 140 valence electrons. The van der Waals surface area contributed by atoms with Gasteiger partial charge in [0.05, 0.1) is 11.7 Å². The lowest BCUT2D eigenvalue weighted by Crippen LogP contribution is -2.21. The number of aryl methyl sites for hydroxylation is 1. The van der Waals surface area contributed by atoms with Gasteiger partial charge < -0.3 is 9.88 Å². The summed E-state index contributed by atoms with van der Waals surface area (Å²) in [5, 5.41) is 4.36. The van der Waals surface area contributed by atoms with E-state index in [1.807, 2.05) is 25.1 Å². The number of rotatable bonds is 4. The highest BCUT2D eigenvalue weighted by Gasteiger charge is 2.13. The van der Waals surface area contributed by atoms with Crippen molar-refractivity contribution >= 4 is 34.1 Å². The number of pyridine rings is 3. The van der Waals surface area contributed by atoms with Crippen LogP contribution >= 0.6 is 11.6 Å². The van der Waals surface area contributed by atoms with E-state index >= 15 is 0 Å². The van der Waals surface area contributed by atoms with Crippen LogP contribution in [0.1, 0.15) is 6.92 Å². The van der Waals surface area contributed by atoms with E-state index in [2.05, 4.69) is 15.3 Å².